The van der Waals surface area contributed by atoms with Crippen molar-refractivity contribution in [3.05, 3.63) is 29.6 Å². The summed E-state index contributed by atoms with van der Waals surface area (Å²) in [6.07, 6.45) is 7.62. The molecule has 2 rings (SSSR count). The maximum atomic E-state index is 11.9. The number of hydrogen-bond acceptors (Lipinski definition) is 2. The van der Waals surface area contributed by atoms with Crippen LogP contribution in [0, 0.1) is 12.8 Å². The van der Waals surface area contributed by atoms with E-state index in [9.17, 15) is 4.79 Å². The normalized spacial score (nSPS) is 16.8. The SMILES string of the molecule is Cc1ccc(CNC(=O)C2CCCCC2)cn1. The Morgan fingerprint density at radius 1 is 1.35 bits per heavy atom. The summed E-state index contributed by atoms with van der Waals surface area (Å²) < 4.78 is 0. The molecule has 0 unspecified atom stereocenters. The van der Waals surface area contributed by atoms with Gasteiger partial charge in [-0.1, -0.05) is 25.3 Å². The van der Waals surface area contributed by atoms with Crippen LogP contribution in [0.3, 0.4) is 0 Å². The zero-order valence-corrected chi connectivity index (χ0v) is 10.4. The molecule has 0 bridgehead atoms. The van der Waals surface area contributed by atoms with Gasteiger partial charge in [0.25, 0.3) is 0 Å². The Balaban J connectivity index is 1.81. The average Bonchev–Trinajstić information content (AvgIpc) is 2.39. The molecular formula is C14H20N2O. The highest BCUT2D eigenvalue weighted by atomic mass is 16.1. The molecule has 1 amide bonds. The second-order valence-electron chi connectivity index (χ2n) is 4.86. The predicted octanol–water partition coefficient (Wildman–Crippen LogP) is 2.59. The zero-order valence-electron chi connectivity index (χ0n) is 10.4. The van der Waals surface area contributed by atoms with Gasteiger partial charge >= 0.3 is 0 Å². The lowest BCUT2D eigenvalue weighted by atomic mass is 9.88. The Labute approximate surface area is 103 Å². The number of aromatic nitrogens is 1. The number of pyridine rings is 1. The number of amides is 1. The van der Waals surface area contributed by atoms with E-state index in [1.54, 1.807) is 0 Å². The van der Waals surface area contributed by atoms with E-state index >= 15 is 0 Å². The van der Waals surface area contributed by atoms with Crippen molar-refractivity contribution in [1.82, 2.24) is 10.3 Å². The van der Waals surface area contributed by atoms with E-state index in [0.717, 1.165) is 24.1 Å². The first-order valence-electron chi connectivity index (χ1n) is 6.45. The smallest absolute Gasteiger partial charge is 0.223 e. The van der Waals surface area contributed by atoms with Gasteiger partial charge in [-0.2, -0.15) is 0 Å². The largest absolute Gasteiger partial charge is 0.352 e. The third-order valence-corrected chi connectivity index (χ3v) is 3.42. The molecule has 0 aliphatic heterocycles. The molecule has 3 heteroatoms. The molecule has 0 spiro atoms. The summed E-state index contributed by atoms with van der Waals surface area (Å²) >= 11 is 0. The molecule has 1 fully saturated rings. The molecule has 92 valence electrons. The summed E-state index contributed by atoms with van der Waals surface area (Å²) in [5.74, 6) is 0.451. The van der Waals surface area contributed by atoms with Crippen LogP contribution in [0.25, 0.3) is 0 Å². The summed E-state index contributed by atoms with van der Waals surface area (Å²) in [5.41, 5.74) is 2.08. The van der Waals surface area contributed by atoms with E-state index in [0.29, 0.717) is 6.54 Å². The van der Waals surface area contributed by atoms with Crippen molar-refractivity contribution in [2.75, 3.05) is 0 Å². The van der Waals surface area contributed by atoms with Gasteiger partial charge in [0.2, 0.25) is 5.91 Å². The van der Waals surface area contributed by atoms with E-state index in [2.05, 4.69) is 10.3 Å². The molecule has 1 saturated carbocycles. The third-order valence-electron chi connectivity index (χ3n) is 3.42. The zero-order chi connectivity index (χ0) is 12.1. The van der Waals surface area contributed by atoms with Crippen molar-refractivity contribution in [3.63, 3.8) is 0 Å². The molecule has 17 heavy (non-hydrogen) atoms. The van der Waals surface area contributed by atoms with Crippen molar-refractivity contribution < 1.29 is 4.79 Å². The molecule has 1 aromatic heterocycles. The lowest BCUT2D eigenvalue weighted by Gasteiger charge is -2.20. The summed E-state index contributed by atoms with van der Waals surface area (Å²) in [5, 5.41) is 3.01. The van der Waals surface area contributed by atoms with Crippen LogP contribution in [0.15, 0.2) is 18.3 Å². The number of carbonyl (C=O) groups is 1. The number of hydrogen-bond donors (Lipinski definition) is 1. The van der Waals surface area contributed by atoms with Crippen LogP contribution in [0.1, 0.15) is 43.4 Å². The van der Waals surface area contributed by atoms with Gasteiger partial charge in [-0.25, -0.2) is 0 Å². The molecule has 0 aromatic carbocycles. The van der Waals surface area contributed by atoms with Crippen LogP contribution < -0.4 is 5.32 Å². The number of aryl methyl sites for hydroxylation is 1. The minimum absolute atomic E-state index is 0.213. The van der Waals surface area contributed by atoms with Gasteiger partial charge in [0.05, 0.1) is 0 Å². The van der Waals surface area contributed by atoms with Crippen molar-refractivity contribution in [3.8, 4) is 0 Å². The van der Waals surface area contributed by atoms with Crippen LogP contribution in [0.2, 0.25) is 0 Å². The number of nitrogens with one attached hydrogen (secondary N) is 1. The molecule has 3 nitrogen and oxygen atoms in total. The minimum atomic E-state index is 0.213. The van der Waals surface area contributed by atoms with Gasteiger partial charge in [0.1, 0.15) is 0 Å². The van der Waals surface area contributed by atoms with E-state index < -0.39 is 0 Å². The molecule has 1 aliphatic carbocycles. The highest BCUT2D eigenvalue weighted by Crippen LogP contribution is 2.23. The van der Waals surface area contributed by atoms with Gasteiger partial charge in [0.15, 0.2) is 0 Å². The summed E-state index contributed by atoms with van der Waals surface area (Å²) in [4.78, 5) is 16.1. The van der Waals surface area contributed by atoms with E-state index in [1.165, 1.54) is 19.3 Å². The summed E-state index contributed by atoms with van der Waals surface area (Å²) in [7, 11) is 0. The van der Waals surface area contributed by atoms with E-state index in [4.69, 9.17) is 0 Å². The van der Waals surface area contributed by atoms with E-state index in [-0.39, 0.29) is 11.8 Å². The van der Waals surface area contributed by atoms with Crippen molar-refractivity contribution in [2.24, 2.45) is 5.92 Å². The van der Waals surface area contributed by atoms with Crippen molar-refractivity contribution in [2.45, 2.75) is 45.6 Å². The molecule has 0 saturated heterocycles. The Kier molecular flexibility index (Phi) is 4.13. The predicted molar refractivity (Wildman–Crippen MR) is 67.4 cm³/mol. The Bertz CT molecular complexity index is 366. The van der Waals surface area contributed by atoms with Gasteiger partial charge in [0, 0.05) is 24.4 Å². The Hall–Kier alpha value is -1.38. The molecule has 0 radical (unpaired) electrons. The second kappa shape index (κ2) is 5.80. The van der Waals surface area contributed by atoms with Crippen LogP contribution in [-0.2, 0) is 11.3 Å². The standard InChI is InChI=1S/C14H20N2O/c1-11-7-8-12(9-15-11)10-16-14(17)13-5-3-2-4-6-13/h7-9,13H,2-6,10H2,1H3,(H,16,17). The molecular weight excluding hydrogens is 212 g/mol. The van der Waals surface area contributed by atoms with Gasteiger partial charge in [-0.15, -0.1) is 0 Å². The average molecular weight is 232 g/mol. The molecule has 0 atom stereocenters. The second-order valence-corrected chi connectivity index (χ2v) is 4.86. The first kappa shape index (κ1) is 12.1. The van der Waals surface area contributed by atoms with Crippen LogP contribution in [-0.4, -0.2) is 10.9 Å². The lowest BCUT2D eigenvalue weighted by molar-refractivity contribution is -0.126. The number of rotatable bonds is 3. The van der Waals surface area contributed by atoms with E-state index in [1.807, 2.05) is 25.3 Å². The number of nitrogens with zero attached hydrogens (tertiary/aromatic N) is 1. The van der Waals surface area contributed by atoms with Crippen molar-refractivity contribution >= 4 is 5.91 Å². The quantitative estimate of drug-likeness (QED) is 0.870. The maximum Gasteiger partial charge on any atom is 0.223 e. The van der Waals surface area contributed by atoms with Gasteiger partial charge in [-0.3, -0.25) is 9.78 Å². The fourth-order valence-electron chi connectivity index (χ4n) is 2.30. The lowest BCUT2D eigenvalue weighted by Crippen LogP contribution is -2.31. The Morgan fingerprint density at radius 2 is 2.12 bits per heavy atom. The highest BCUT2D eigenvalue weighted by molar-refractivity contribution is 5.78. The van der Waals surface area contributed by atoms with Crippen LogP contribution >= 0.6 is 0 Å². The minimum Gasteiger partial charge on any atom is -0.352 e. The van der Waals surface area contributed by atoms with Gasteiger partial charge in [-0.05, 0) is 31.4 Å². The fourth-order valence-corrected chi connectivity index (χ4v) is 2.30. The molecule has 1 heterocycles. The fraction of sp³-hybridized carbons (Fsp3) is 0.571. The van der Waals surface area contributed by atoms with Crippen molar-refractivity contribution in [1.29, 1.82) is 0 Å². The monoisotopic (exact) mass is 232 g/mol. The highest BCUT2D eigenvalue weighted by Gasteiger charge is 2.20. The van der Waals surface area contributed by atoms with Crippen LogP contribution in [0.4, 0.5) is 0 Å². The van der Waals surface area contributed by atoms with Crippen LogP contribution in [0.5, 0.6) is 0 Å². The Morgan fingerprint density at radius 3 is 2.76 bits per heavy atom. The molecule has 1 N–H and O–H groups in total. The third kappa shape index (κ3) is 3.55. The maximum absolute atomic E-state index is 11.9. The molecule has 1 aliphatic rings. The number of carbonyl (C=O) groups excluding carboxylic acids is 1. The molecule has 1 aromatic rings. The first-order valence-corrected chi connectivity index (χ1v) is 6.45. The first-order chi connectivity index (χ1) is 8.25. The summed E-state index contributed by atoms with van der Waals surface area (Å²) in [6.45, 7) is 2.56. The summed E-state index contributed by atoms with van der Waals surface area (Å²) in [6, 6.07) is 3.99. The van der Waals surface area contributed by atoms with Gasteiger partial charge < -0.3 is 5.32 Å². The topological polar surface area (TPSA) is 42.0 Å².